The van der Waals surface area contributed by atoms with Gasteiger partial charge in [-0.25, -0.2) is 0 Å². The molecule has 0 aromatic carbocycles. The third kappa shape index (κ3) is 19.4. The predicted molar refractivity (Wildman–Crippen MR) is 86.5 cm³/mol. The average Bonchev–Trinajstić information content (AvgIpc) is 2.54. The first-order chi connectivity index (χ1) is 10.9. The molecule has 0 radical (unpaired) electrons. The molecular weight excluding hydrogens is 310 g/mol. The minimum absolute atomic E-state index is 0.353. The van der Waals surface area contributed by atoms with Gasteiger partial charge in [0.15, 0.2) is 0 Å². The fraction of sp³-hybridized carbons (Fsp3) is 1.00. The number of hydrogen-bond donors (Lipinski definition) is 0. The van der Waals surface area contributed by atoms with Crippen molar-refractivity contribution in [2.45, 2.75) is 25.7 Å². The van der Waals surface area contributed by atoms with Crippen LogP contribution in [-0.4, -0.2) is 65.3 Å². The number of unbranched alkanes of at least 4 members (excludes halogenated alkanes) is 3. The predicted octanol–water partition coefficient (Wildman–Crippen LogP) is 3.16. The minimum Gasteiger partial charge on any atom is -0.379 e. The van der Waals surface area contributed by atoms with E-state index < -0.39 is 0 Å². The van der Waals surface area contributed by atoms with Crippen molar-refractivity contribution in [3.8, 4) is 0 Å². The van der Waals surface area contributed by atoms with E-state index in [4.69, 9.17) is 36.1 Å². The van der Waals surface area contributed by atoms with Gasteiger partial charge in [0.05, 0.1) is 46.2 Å². The summed E-state index contributed by atoms with van der Waals surface area (Å²) in [6.07, 6.45) is 4.52. The van der Waals surface area contributed by atoms with Crippen LogP contribution in [-0.2, 0) is 18.9 Å². The molecule has 0 fully saturated rings. The Balaban J connectivity index is 2.95. The van der Waals surface area contributed by atoms with Crippen LogP contribution in [0.25, 0.3) is 10.4 Å². The van der Waals surface area contributed by atoms with E-state index >= 15 is 0 Å². The maximum Gasteiger partial charge on any atom is 0.0701 e. The molecule has 130 valence electrons. The van der Waals surface area contributed by atoms with Gasteiger partial charge in [0, 0.05) is 23.9 Å². The van der Waals surface area contributed by atoms with Gasteiger partial charge in [-0.15, -0.1) is 11.6 Å². The zero-order valence-electron chi connectivity index (χ0n) is 13.3. The first-order valence-corrected chi connectivity index (χ1v) is 8.33. The van der Waals surface area contributed by atoms with Crippen molar-refractivity contribution in [1.82, 2.24) is 0 Å². The van der Waals surface area contributed by atoms with Gasteiger partial charge >= 0.3 is 0 Å². The van der Waals surface area contributed by atoms with Crippen LogP contribution in [0, 0.1) is 0 Å². The number of rotatable bonds is 18. The topological polar surface area (TPSA) is 85.7 Å². The lowest BCUT2D eigenvalue weighted by atomic mass is 10.2. The van der Waals surface area contributed by atoms with Crippen molar-refractivity contribution >= 4 is 11.6 Å². The van der Waals surface area contributed by atoms with E-state index in [-0.39, 0.29) is 0 Å². The van der Waals surface area contributed by atoms with Crippen LogP contribution >= 0.6 is 11.6 Å². The van der Waals surface area contributed by atoms with E-state index in [1.807, 2.05) is 0 Å². The highest BCUT2D eigenvalue weighted by atomic mass is 35.5. The smallest absolute Gasteiger partial charge is 0.0701 e. The van der Waals surface area contributed by atoms with E-state index in [9.17, 15) is 0 Å². The summed E-state index contributed by atoms with van der Waals surface area (Å²) in [6.45, 7) is 4.88. The van der Waals surface area contributed by atoms with E-state index in [1.54, 1.807) is 0 Å². The normalized spacial score (nSPS) is 10.6. The highest BCUT2D eigenvalue weighted by Crippen LogP contribution is 2.00. The van der Waals surface area contributed by atoms with Crippen molar-refractivity contribution in [3.05, 3.63) is 10.4 Å². The molecule has 0 spiro atoms. The number of alkyl halides is 1. The maximum atomic E-state index is 8.05. The number of ether oxygens (including phenoxy) is 4. The molecule has 0 N–H and O–H groups in total. The van der Waals surface area contributed by atoms with Gasteiger partial charge in [0.2, 0.25) is 0 Å². The van der Waals surface area contributed by atoms with Crippen molar-refractivity contribution in [2.75, 3.05) is 65.3 Å². The molecule has 0 aromatic rings. The fourth-order valence-corrected chi connectivity index (χ4v) is 1.75. The summed E-state index contributed by atoms with van der Waals surface area (Å²) in [6, 6.07) is 0. The van der Waals surface area contributed by atoms with Crippen LogP contribution < -0.4 is 0 Å². The second kappa shape index (κ2) is 20.4. The zero-order chi connectivity index (χ0) is 16.1. The van der Waals surface area contributed by atoms with E-state index in [2.05, 4.69) is 10.0 Å². The highest BCUT2D eigenvalue weighted by molar-refractivity contribution is 6.17. The molecule has 0 rings (SSSR count). The lowest BCUT2D eigenvalue weighted by Gasteiger charge is -2.07. The summed E-state index contributed by atoms with van der Waals surface area (Å²) in [4.78, 5) is 2.63. The second-order valence-electron chi connectivity index (χ2n) is 4.51. The Morgan fingerprint density at radius 1 is 0.682 bits per heavy atom. The fourth-order valence-electron chi connectivity index (χ4n) is 1.56. The quantitative estimate of drug-likeness (QED) is 0.126. The number of hydrogen-bond acceptors (Lipinski definition) is 5. The highest BCUT2D eigenvalue weighted by Gasteiger charge is 1.93. The Labute approximate surface area is 137 Å². The third-order valence-corrected chi connectivity index (χ3v) is 2.95. The van der Waals surface area contributed by atoms with E-state index in [0.717, 1.165) is 25.3 Å². The van der Waals surface area contributed by atoms with Gasteiger partial charge in [-0.3, -0.25) is 0 Å². The second-order valence-corrected chi connectivity index (χ2v) is 4.89. The molecule has 0 aliphatic carbocycles. The minimum atomic E-state index is 0.353. The summed E-state index contributed by atoms with van der Waals surface area (Å²) >= 11 is 5.60. The average molecular weight is 338 g/mol. The third-order valence-electron chi connectivity index (χ3n) is 2.69. The molecule has 0 amide bonds. The van der Waals surface area contributed by atoms with Gasteiger partial charge in [0.1, 0.15) is 0 Å². The van der Waals surface area contributed by atoms with Crippen LogP contribution in [0.2, 0.25) is 0 Å². The first kappa shape index (κ1) is 21.4. The zero-order valence-corrected chi connectivity index (χ0v) is 14.0. The molecule has 0 heterocycles. The van der Waals surface area contributed by atoms with Gasteiger partial charge in [-0.1, -0.05) is 18.0 Å². The van der Waals surface area contributed by atoms with Gasteiger partial charge in [-0.05, 0) is 18.4 Å². The van der Waals surface area contributed by atoms with Crippen molar-refractivity contribution in [3.63, 3.8) is 0 Å². The number of nitrogens with zero attached hydrogens (tertiary/aromatic N) is 3. The summed E-state index contributed by atoms with van der Waals surface area (Å²) < 4.78 is 21.3. The van der Waals surface area contributed by atoms with Crippen molar-refractivity contribution in [1.29, 1.82) is 0 Å². The lowest BCUT2D eigenvalue weighted by Crippen LogP contribution is -2.12. The van der Waals surface area contributed by atoms with Gasteiger partial charge in [-0.2, -0.15) is 0 Å². The molecule has 0 aliphatic rings. The molecule has 7 nitrogen and oxygen atoms in total. The Bertz CT molecular complexity index is 266. The molecule has 0 saturated carbocycles. The summed E-state index contributed by atoms with van der Waals surface area (Å²) in [5, 5.41) is 3.36. The Morgan fingerprint density at radius 3 is 1.73 bits per heavy atom. The summed E-state index contributed by atoms with van der Waals surface area (Å²) in [5.74, 6) is 0.749. The Kier molecular flexibility index (Phi) is 19.9. The molecule has 22 heavy (non-hydrogen) atoms. The van der Waals surface area contributed by atoms with Crippen LogP contribution in [0.1, 0.15) is 25.7 Å². The van der Waals surface area contributed by atoms with Gasteiger partial charge in [0.25, 0.3) is 0 Å². The molecule has 0 unspecified atom stereocenters. The molecule has 0 aromatic heterocycles. The molecule has 8 heteroatoms. The van der Waals surface area contributed by atoms with E-state index in [1.165, 1.54) is 12.8 Å². The van der Waals surface area contributed by atoms with Crippen LogP contribution in [0.15, 0.2) is 5.11 Å². The summed E-state index contributed by atoms with van der Waals surface area (Å²) in [5.41, 5.74) is 8.05. The maximum absolute atomic E-state index is 8.05. The number of azide groups is 1. The van der Waals surface area contributed by atoms with Crippen molar-refractivity contribution < 1.29 is 18.9 Å². The monoisotopic (exact) mass is 337 g/mol. The largest absolute Gasteiger partial charge is 0.379 e. The summed E-state index contributed by atoms with van der Waals surface area (Å²) in [7, 11) is 0. The Morgan fingerprint density at radius 2 is 1.18 bits per heavy atom. The van der Waals surface area contributed by atoms with E-state index in [0.29, 0.717) is 52.8 Å². The molecule has 0 saturated heterocycles. The molecule has 0 bridgehead atoms. The lowest BCUT2D eigenvalue weighted by molar-refractivity contribution is -0.00133. The molecule has 0 aliphatic heterocycles. The molecule has 0 atom stereocenters. The standard InChI is InChI=1S/C14H28ClN3O4/c15-5-3-1-2-4-7-19-9-11-21-13-14-22-12-10-20-8-6-17-18-16/h1-14H2. The van der Waals surface area contributed by atoms with Crippen LogP contribution in [0.5, 0.6) is 0 Å². The van der Waals surface area contributed by atoms with Gasteiger partial charge < -0.3 is 18.9 Å². The SMILES string of the molecule is [N-]=[N+]=NCCOCCOCCOCCOCCCCCCCl. The van der Waals surface area contributed by atoms with Crippen LogP contribution in [0.4, 0.5) is 0 Å². The molecular formula is C14H28ClN3O4. The van der Waals surface area contributed by atoms with Crippen LogP contribution in [0.3, 0.4) is 0 Å². The van der Waals surface area contributed by atoms with Crippen molar-refractivity contribution in [2.24, 2.45) is 5.11 Å². The number of halogens is 1. The Hall–Kier alpha value is -0.560. The first-order valence-electron chi connectivity index (χ1n) is 7.79.